The van der Waals surface area contributed by atoms with Crippen molar-refractivity contribution < 1.29 is 5.11 Å². The molecular weight excluding hydrogens is 256 g/mol. The molecule has 3 rings (SSSR count). The van der Waals surface area contributed by atoms with Gasteiger partial charge in [0.1, 0.15) is 5.75 Å². The summed E-state index contributed by atoms with van der Waals surface area (Å²) in [5.74, 6) is 0.467. The van der Waals surface area contributed by atoms with E-state index in [0.717, 1.165) is 29.2 Å². The maximum absolute atomic E-state index is 10.6. The topological polar surface area (TPSA) is 20.2 Å². The van der Waals surface area contributed by atoms with Crippen LogP contribution in [0.15, 0.2) is 48.5 Å². The van der Waals surface area contributed by atoms with Crippen molar-refractivity contribution in [1.82, 2.24) is 0 Å². The Hall–Kier alpha value is -2.02. The van der Waals surface area contributed by atoms with E-state index in [1.165, 1.54) is 30.0 Å². The van der Waals surface area contributed by atoms with Crippen LogP contribution in [-0.4, -0.2) is 5.11 Å². The largest absolute Gasteiger partial charge is 0.507 e. The SMILES string of the molecule is CCCCCCc1ccc2c(ccc3ccccc32)c1O. The number of phenols is 1. The highest BCUT2D eigenvalue weighted by Gasteiger charge is 2.08. The molecule has 0 spiro atoms. The van der Waals surface area contributed by atoms with E-state index in [2.05, 4.69) is 49.4 Å². The predicted molar refractivity (Wildman–Crippen MR) is 91.0 cm³/mol. The molecule has 0 atom stereocenters. The van der Waals surface area contributed by atoms with Crippen molar-refractivity contribution in [1.29, 1.82) is 0 Å². The van der Waals surface area contributed by atoms with Crippen molar-refractivity contribution in [3.05, 3.63) is 54.1 Å². The minimum absolute atomic E-state index is 0.467. The van der Waals surface area contributed by atoms with Gasteiger partial charge in [-0.25, -0.2) is 0 Å². The Balaban J connectivity index is 1.99. The summed E-state index contributed by atoms with van der Waals surface area (Å²) in [5, 5.41) is 15.1. The number of hydrogen-bond donors (Lipinski definition) is 1. The molecule has 3 aromatic rings. The Kier molecular flexibility index (Phi) is 4.10. The fraction of sp³-hybridized carbons (Fsp3) is 0.300. The summed E-state index contributed by atoms with van der Waals surface area (Å²) in [7, 11) is 0. The zero-order valence-corrected chi connectivity index (χ0v) is 12.6. The van der Waals surface area contributed by atoms with E-state index >= 15 is 0 Å². The third-order valence-electron chi connectivity index (χ3n) is 4.28. The molecule has 108 valence electrons. The second kappa shape index (κ2) is 6.17. The van der Waals surface area contributed by atoms with Gasteiger partial charge in [0.05, 0.1) is 0 Å². The normalized spacial score (nSPS) is 11.3. The summed E-state index contributed by atoms with van der Waals surface area (Å²) < 4.78 is 0. The molecule has 1 heteroatoms. The van der Waals surface area contributed by atoms with Crippen LogP contribution in [0.4, 0.5) is 0 Å². The summed E-state index contributed by atoms with van der Waals surface area (Å²) in [6.07, 6.45) is 5.88. The van der Waals surface area contributed by atoms with Gasteiger partial charge >= 0.3 is 0 Å². The lowest BCUT2D eigenvalue weighted by Gasteiger charge is -2.10. The van der Waals surface area contributed by atoms with Gasteiger partial charge in [-0.2, -0.15) is 0 Å². The standard InChI is InChI=1S/C20H22O/c1-2-3-4-5-9-16-12-13-18-17-10-7-6-8-15(17)11-14-19(18)20(16)21/h6-8,10-14,21H,2-5,9H2,1H3. The number of phenolic OH excluding ortho intramolecular Hbond substituents is 1. The highest BCUT2D eigenvalue weighted by molar-refractivity contribution is 6.09. The fourth-order valence-electron chi connectivity index (χ4n) is 3.06. The van der Waals surface area contributed by atoms with Gasteiger partial charge < -0.3 is 5.11 Å². The predicted octanol–water partition coefficient (Wildman–Crippen LogP) is 5.82. The average molecular weight is 278 g/mol. The van der Waals surface area contributed by atoms with E-state index in [-0.39, 0.29) is 0 Å². The van der Waals surface area contributed by atoms with Crippen LogP contribution in [0.3, 0.4) is 0 Å². The Morgan fingerprint density at radius 1 is 0.762 bits per heavy atom. The zero-order valence-electron chi connectivity index (χ0n) is 12.6. The molecular formula is C20H22O. The molecule has 0 radical (unpaired) electrons. The summed E-state index contributed by atoms with van der Waals surface area (Å²) in [6.45, 7) is 2.22. The van der Waals surface area contributed by atoms with Gasteiger partial charge in [0, 0.05) is 5.39 Å². The molecule has 0 aliphatic carbocycles. The van der Waals surface area contributed by atoms with Crippen LogP contribution in [0, 0.1) is 0 Å². The lowest BCUT2D eigenvalue weighted by Crippen LogP contribution is -1.89. The monoisotopic (exact) mass is 278 g/mol. The molecule has 0 bridgehead atoms. The van der Waals surface area contributed by atoms with E-state index in [1.807, 2.05) is 6.07 Å². The average Bonchev–Trinajstić information content (AvgIpc) is 2.53. The first-order chi connectivity index (χ1) is 10.3. The lowest BCUT2D eigenvalue weighted by molar-refractivity contribution is 0.472. The third kappa shape index (κ3) is 2.73. The molecule has 0 saturated heterocycles. The fourth-order valence-corrected chi connectivity index (χ4v) is 3.06. The second-order valence-electron chi connectivity index (χ2n) is 5.77. The molecule has 0 amide bonds. The Labute approximate surface area is 126 Å². The van der Waals surface area contributed by atoms with Crippen molar-refractivity contribution in [2.24, 2.45) is 0 Å². The number of fused-ring (bicyclic) bond motifs is 3. The molecule has 1 nitrogen and oxygen atoms in total. The molecule has 0 aromatic heterocycles. The molecule has 0 aliphatic heterocycles. The number of rotatable bonds is 5. The van der Waals surface area contributed by atoms with Crippen molar-refractivity contribution >= 4 is 21.5 Å². The highest BCUT2D eigenvalue weighted by atomic mass is 16.3. The van der Waals surface area contributed by atoms with E-state index in [9.17, 15) is 5.11 Å². The molecule has 0 unspecified atom stereocenters. The summed E-state index contributed by atoms with van der Waals surface area (Å²) in [4.78, 5) is 0. The number of benzene rings is 3. The first-order valence-corrected chi connectivity index (χ1v) is 7.93. The molecule has 21 heavy (non-hydrogen) atoms. The van der Waals surface area contributed by atoms with Gasteiger partial charge in [0.25, 0.3) is 0 Å². The minimum Gasteiger partial charge on any atom is -0.507 e. The number of aryl methyl sites for hydroxylation is 1. The number of hydrogen-bond acceptors (Lipinski definition) is 1. The van der Waals surface area contributed by atoms with Crippen molar-refractivity contribution in [2.45, 2.75) is 39.0 Å². The van der Waals surface area contributed by atoms with Gasteiger partial charge in [0.2, 0.25) is 0 Å². The maximum atomic E-state index is 10.6. The number of unbranched alkanes of at least 4 members (excludes halogenated alkanes) is 3. The Bertz CT molecular complexity index is 758. The van der Waals surface area contributed by atoms with Gasteiger partial charge in [0.15, 0.2) is 0 Å². The molecule has 0 heterocycles. The first kappa shape index (κ1) is 13.9. The van der Waals surface area contributed by atoms with Crippen molar-refractivity contribution in [2.75, 3.05) is 0 Å². The van der Waals surface area contributed by atoms with Crippen LogP contribution in [-0.2, 0) is 6.42 Å². The molecule has 0 aliphatic rings. The van der Waals surface area contributed by atoms with Crippen LogP contribution in [0.2, 0.25) is 0 Å². The quantitative estimate of drug-likeness (QED) is 0.460. The van der Waals surface area contributed by atoms with E-state index < -0.39 is 0 Å². The summed E-state index contributed by atoms with van der Waals surface area (Å²) in [5.41, 5.74) is 1.08. The zero-order chi connectivity index (χ0) is 14.7. The van der Waals surface area contributed by atoms with E-state index in [0.29, 0.717) is 5.75 Å². The third-order valence-corrected chi connectivity index (χ3v) is 4.28. The van der Waals surface area contributed by atoms with Crippen LogP contribution in [0.1, 0.15) is 38.2 Å². The van der Waals surface area contributed by atoms with Gasteiger partial charge in [-0.15, -0.1) is 0 Å². The minimum atomic E-state index is 0.467. The van der Waals surface area contributed by atoms with Crippen molar-refractivity contribution in [3.8, 4) is 5.75 Å². The number of aromatic hydroxyl groups is 1. The lowest BCUT2D eigenvalue weighted by atomic mass is 9.97. The van der Waals surface area contributed by atoms with Gasteiger partial charge in [-0.05, 0) is 34.6 Å². The van der Waals surface area contributed by atoms with Crippen LogP contribution in [0.25, 0.3) is 21.5 Å². The second-order valence-corrected chi connectivity index (χ2v) is 5.77. The van der Waals surface area contributed by atoms with E-state index in [1.54, 1.807) is 0 Å². The van der Waals surface area contributed by atoms with E-state index in [4.69, 9.17) is 0 Å². The summed E-state index contributed by atoms with van der Waals surface area (Å²) >= 11 is 0. The molecule has 1 N–H and O–H groups in total. The van der Waals surface area contributed by atoms with Crippen LogP contribution >= 0.6 is 0 Å². The smallest absolute Gasteiger partial charge is 0.126 e. The Morgan fingerprint density at radius 3 is 2.43 bits per heavy atom. The van der Waals surface area contributed by atoms with Crippen molar-refractivity contribution in [3.63, 3.8) is 0 Å². The van der Waals surface area contributed by atoms with Crippen LogP contribution < -0.4 is 0 Å². The molecule has 0 fully saturated rings. The maximum Gasteiger partial charge on any atom is 0.126 e. The molecule has 0 saturated carbocycles. The molecule has 3 aromatic carbocycles. The van der Waals surface area contributed by atoms with Gasteiger partial charge in [-0.3, -0.25) is 0 Å². The Morgan fingerprint density at radius 2 is 1.57 bits per heavy atom. The highest BCUT2D eigenvalue weighted by Crippen LogP contribution is 2.34. The first-order valence-electron chi connectivity index (χ1n) is 7.93. The summed E-state index contributed by atoms with van der Waals surface area (Å²) in [6, 6.07) is 16.7. The van der Waals surface area contributed by atoms with Crippen LogP contribution in [0.5, 0.6) is 5.75 Å². The van der Waals surface area contributed by atoms with Gasteiger partial charge in [-0.1, -0.05) is 74.7 Å².